The van der Waals surface area contributed by atoms with Crippen LogP contribution in [-0.2, 0) is 9.53 Å². The molecule has 1 amide bonds. The fourth-order valence-electron chi connectivity index (χ4n) is 1.53. The summed E-state index contributed by atoms with van der Waals surface area (Å²) in [5, 5.41) is 15.2. The van der Waals surface area contributed by atoms with Crippen molar-refractivity contribution in [3.8, 4) is 6.07 Å². The first-order chi connectivity index (χ1) is 10.6. The zero-order chi connectivity index (χ0) is 16.4. The molecule has 0 unspecified atom stereocenters. The van der Waals surface area contributed by atoms with Crippen LogP contribution in [0, 0.1) is 11.3 Å². The van der Waals surface area contributed by atoms with Crippen LogP contribution < -0.4 is 10.6 Å². The lowest BCUT2D eigenvalue weighted by Gasteiger charge is -2.07. The van der Waals surface area contributed by atoms with Crippen molar-refractivity contribution in [2.45, 2.75) is 13.3 Å². The lowest BCUT2D eigenvalue weighted by Crippen LogP contribution is -2.26. The summed E-state index contributed by atoms with van der Waals surface area (Å²) in [6.45, 7) is 3.55. The molecule has 0 fully saturated rings. The third-order valence-corrected chi connectivity index (χ3v) is 3.46. The van der Waals surface area contributed by atoms with E-state index in [1.807, 2.05) is 13.0 Å². The first-order valence-corrected chi connectivity index (χ1v) is 7.52. The van der Waals surface area contributed by atoms with E-state index in [4.69, 9.17) is 33.2 Å². The Morgan fingerprint density at radius 2 is 2.23 bits per heavy atom. The van der Waals surface area contributed by atoms with Crippen LogP contribution >= 0.6 is 23.2 Å². The fraction of sp³-hybridized carbons (Fsp3) is 0.333. The maximum absolute atomic E-state index is 11.8. The standard InChI is InChI=1S/C15H17Cl2N3O2/c1-2-22-8-4-7-19-15(21)11(9-18)10-20-13-6-3-5-12(16)14(13)17/h3,5-6,10,20H,2,4,7-8H2,1H3,(H,19,21)/b11-10-. The lowest BCUT2D eigenvalue weighted by atomic mass is 10.2. The van der Waals surface area contributed by atoms with Gasteiger partial charge in [-0.05, 0) is 25.5 Å². The second kappa shape index (κ2) is 10.1. The number of anilines is 1. The quantitative estimate of drug-likeness (QED) is 0.432. The number of hydrogen-bond donors (Lipinski definition) is 2. The molecule has 5 nitrogen and oxygen atoms in total. The molecule has 1 rings (SSSR count). The van der Waals surface area contributed by atoms with E-state index in [1.54, 1.807) is 18.2 Å². The molecular formula is C15H17Cl2N3O2. The van der Waals surface area contributed by atoms with Crippen molar-refractivity contribution in [2.75, 3.05) is 25.1 Å². The number of hydrogen-bond acceptors (Lipinski definition) is 4. The zero-order valence-corrected chi connectivity index (χ0v) is 13.7. The minimum Gasteiger partial charge on any atom is -0.382 e. The average molecular weight is 342 g/mol. The van der Waals surface area contributed by atoms with Gasteiger partial charge in [0.2, 0.25) is 0 Å². The second-order valence-corrected chi connectivity index (χ2v) is 5.01. The van der Waals surface area contributed by atoms with Gasteiger partial charge in [-0.3, -0.25) is 4.79 Å². The Morgan fingerprint density at radius 1 is 1.45 bits per heavy atom. The number of nitrogens with one attached hydrogen (secondary N) is 2. The van der Waals surface area contributed by atoms with Gasteiger partial charge in [-0.15, -0.1) is 0 Å². The van der Waals surface area contributed by atoms with E-state index in [0.717, 1.165) is 0 Å². The van der Waals surface area contributed by atoms with Crippen molar-refractivity contribution in [2.24, 2.45) is 0 Å². The Hall–Kier alpha value is -1.74. The molecule has 0 atom stereocenters. The van der Waals surface area contributed by atoms with Gasteiger partial charge < -0.3 is 15.4 Å². The van der Waals surface area contributed by atoms with Crippen LogP contribution in [0.25, 0.3) is 0 Å². The molecule has 0 spiro atoms. The van der Waals surface area contributed by atoms with Crippen LogP contribution in [0.3, 0.4) is 0 Å². The Kier molecular flexibility index (Phi) is 8.38. The number of carbonyl (C=O) groups excluding carboxylic acids is 1. The molecule has 0 bridgehead atoms. The molecule has 0 aromatic heterocycles. The highest BCUT2D eigenvalue weighted by Crippen LogP contribution is 2.29. The van der Waals surface area contributed by atoms with Crippen molar-refractivity contribution in [3.63, 3.8) is 0 Å². The van der Waals surface area contributed by atoms with Crippen LogP contribution in [0.2, 0.25) is 10.0 Å². The Bertz CT molecular complexity index is 583. The first kappa shape index (κ1) is 18.3. The molecule has 0 saturated carbocycles. The SMILES string of the molecule is CCOCCCNC(=O)/C(C#N)=C\Nc1cccc(Cl)c1Cl. The molecule has 118 valence electrons. The van der Waals surface area contributed by atoms with E-state index in [2.05, 4.69) is 10.6 Å². The van der Waals surface area contributed by atoms with Crippen LogP contribution in [-0.4, -0.2) is 25.7 Å². The van der Waals surface area contributed by atoms with E-state index < -0.39 is 5.91 Å². The van der Waals surface area contributed by atoms with E-state index in [-0.39, 0.29) is 5.57 Å². The smallest absolute Gasteiger partial charge is 0.263 e. The maximum atomic E-state index is 11.8. The number of ether oxygens (including phenoxy) is 1. The highest BCUT2D eigenvalue weighted by molar-refractivity contribution is 6.43. The second-order valence-electron chi connectivity index (χ2n) is 4.22. The lowest BCUT2D eigenvalue weighted by molar-refractivity contribution is -0.117. The number of nitriles is 1. The summed E-state index contributed by atoms with van der Waals surface area (Å²) in [6.07, 6.45) is 1.99. The summed E-state index contributed by atoms with van der Waals surface area (Å²) in [6, 6.07) is 6.89. The highest BCUT2D eigenvalue weighted by atomic mass is 35.5. The van der Waals surface area contributed by atoms with Gasteiger partial charge in [0, 0.05) is 26.0 Å². The molecule has 1 aromatic carbocycles. The summed E-state index contributed by atoms with van der Waals surface area (Å²) in [4.78, 5) is 11.8. The summed E-state index contributed by atoms with van der Waals surface area (Å²) in [7, 11) is 0. The minimum absolute atomic E-state index is 0.0487. The zero-order valence-electron chi connectivity index (χ0n) is 12.2. The number of halogens is 2. The van der Waals surface area contributed by atoms with Gasteiger partial charge >= 0.3 is 0 Å². The number of benzene rings is 1. The maximum Gasteiger partial charge on any atom is 0.263 e. The van der Waals surface area contributed by atoms with Gasteiger partial charge in [-0.25, -0.2) is 0 Å². The predicted molar refractivity (Wildman–Crippen MR) is 87.9 cm³/mol. The topological polar surface area (TPSA) is 74.1 Å². The number of amides is 1. The van der Waals surface area contributed by atoms with Crippen molar-refractivity contribution in [1.29, 1.82) is 5.26 Å². The Morgan fingerprint density at radius 3 is 2.91 bits per heavy atom. The van der Waals surface area contributed by atoms with Gasteiger partial charge in [0.15, 0.2) is 0 Å². The summed E-state index contributed by atoms with van der Waals surface area (Å²) in [5.41, 5.74) is 0.471. The normalized spacial score (nSPS) is 10.9. The minimum atomic E-state index is -0.454. The van der Waals surface area contributed by atoms with Gasteiger partial charge in [0.25, 0.3) is 5.91 Å². The average Bonchev–Trinajstić information content (AvgIpc) is 2.51. The molecule has 0 saturated heterocycles. The van der Waals surface area contributed by atoms with Crippen LogP contribution in [0.4, 0.5) is 5.69 Å². The molecule has 0 radical (unpaired) electrons. The number of rotatable bonds is 8. The molecule has 0 aliphatic heterocycles. The third kappa shape index (κ3) is 5.94. The van der Waals surface area contributed by atoms with Gasteiger partial charge in [-0.2, -0.15) is 5.26 Å². The Balaban J connectivity index is 2.57. The van der Waals surface area contributed by atoms with E-state index in [0.29, 0.717) is 41.9 Å². The van der Waals surface area contributed by atoms with E-state index in [1.165, 1.54) is 6.20 Å². The molecule has 0 aliphatic rings. The monoisotopic (exact) mass is 341 g/mol. The number of nitrogens with zero attached hydrogens (tertiary/aromatic N) is 1. The molecule has 22 heavy (non-hydrogen) atoms. The third-order valence-electron chi connectivity index (χ3n) is 2.64. The largest absolute Gasteiger partial charge is 0.382 e. The highest BCUT2D eigenvalue weighted by Gasteiger charge is 2.09. The van der Waals surface area contributed by atoms with Crippen molar-refractivity contribution in [3.05, 3.63) is 40.0 Å². The van der Waals surface area contributed by atoms with E-state index in [9.17, 15) is 4.79 Å². The van der Waals surface area contributed by atoms with Gasteiger partial charge in [-0.1, -0.05) is 29.3 Å². The van der Waals surface area contributed by atoms with Crippen molar-refractivity contribution < 1.29 is 9.53 Å². The first-order valence-electron chi connectivity index (χ1n) is 6.77. The summed E-state index contributed by atoms with van der Waals surface area (Å²) < 4.78 is 5.16. The molecule has 1 aromatic rings. The summed E-state index contributed by atoms with van der Waals surface area (Å²) in [5.74, 6) is -0.454. The van der Waals surface area contributed by atoms with Crippen molar-refractivity contribution in [1.82, 2.24) is 5.32 Å². The van der Waals surface area contributed by atoms with Gasteiger partial charge in [0.05, 0.1) is 15.7 Å². The molecule has 2 N–H and O–H groups in total. The fourth-order valence-corrected chi connectivity index (χ4v) is 1.88. The van der Waals surface area contributed by atoms with Crippen LogP contribution in [0.1, 0.15) is 13.3 Å². The predicted octanol–water partition coefficient (Wildman–Crippen LogP) is 3.36. The molecule has 0 heterocycles. The van der Waals surface area contributed by atoms with Crippen LogP contribution in [0.5, 0.6) is 0 Å². The number of carbonyl (C=O) groups is 1. The molecular weight excluding hydrogens is 325 g/mol. The summed E-state index contributed by atoms with van der Waals surface area (Å²) >= 11 is 11.9. The molecule has 7 heteroatoms. The molecule has 0 aliphatic carbocycles. The Labute approximate surface area is 139 Å². The van der Waals surface area contributed by atoms with Crippen molar-refractivity contribution >= 4 is 34.8 Å². The van der Waals surface area contributed by atoms with E-state index >= 15 is 0 Å². The van der Waals surface area contributed by atoms with Crippen LogP contribution in [0.15, 0.2) is 30.0 Å². The van der Waals surface area contributed by atoms with Gasteiger partial charge in [0.1, 0.15) is 11.6 Å².